The minimum Gasteiger partial charge on any atom is -0.459 e. The number of hydrogen-bond acceptors (Lipinski definition) is 4. The summed E-state index contributed by atoms with van der Waals surface area (Å²) in [7, 11) is 0. The van der Waals surface area contributed by atoms with E-state index in [9.17, 15) is 71.1 Å². The summed E-state index contributed by atoms with van der Waals surface area (Å²) in [5.41, 5.74) is 0. The van der Waals surface area contributed by atoms with Crippen molar-refractivity contribution >= 4 is 11.9 Å². The third-order valence-corrected chi connectivity index (χ3v) is 6.33. The predicted octanol–water partition coefficient (Wildman–Crippen LogP) is 6.35. The Hall–Kier alpha value is -2.30. The van der Waals surface area contributed by atoms with E-state index in [0.717, 1.165) is 0 Å². The van der Waals surface area contributed by atoms with E-state index in [2.05, 4.69) is 9.47 Å². The maximum absolute atomic E-state index is 13.5. The molecule has 4 atom stereocenters. The topological polar surface area (TPSA) is 52.6 Å². The number of esters is 2. The number of allylic oxidation sites excluding steroid dienone is 2. The maximum atomic E-state index is 13.5. The fraction of sp³-hybridized carbons (Fsp3) is 0.800. The van der Waals surface area contributed by atoms with Gasteiger partial charge in [0.25, 0.3) is 0 Å². The number of carbonyl (C=O) groups is 2. The third kappa shape index (κ3) is 5.82. The van der Waals surface area contributed by atoms with Gasteiger partial charge < -0.3 is 9.47 Å². The van der Waals surface area contributed by atoms with Crippen molar-refractivity contribution in [2.24, 2.45) is 23.7 Å². The lowest BCUT2D eigenvalue weighted by Crippen LogP contribution is -2.58. The average molecular weight is 588 g/mol. The molecule has 0 unspecified atom stereocenters. The molecule has 0 aromatic rings. The first-order chi connectivity index (χ1) is 17.0. The number of carbonyl (C=O) groups excluding carboxylic acids is 2. The van der Waals surface area contributed by atoms with E-state index >= 15 is 0 Å². The van der Waals surface area contributed by atoms with Crippen LogP contribution >= 0.6 is 0 Å². The maximum Gasteiger partial charge on any atom is 0.460 e. The summed E-state index contributed by atoms with van der Waals surface area (Å²) in [6.07, 6.45) is -9.97. The quantitative estimate of drug-likeness (QED) is 0.189. The van der Waals surface area contributed by atoms with Gasteiger partial charge in [-0.2, -0.15) is 61.5 Å². The monoisotopic (exact) mass is 588 g/mol. The number of halogens is 14. The predicted molar refractivity (Wildman–Crippen MR) is 95.4 cm³/mol. The Balaban J connectivity index is 2.22. The van der Waals surface area contributed by atoms with Crippen LogP contribution in [-0.2, 0) is 19.1 Å². The molecule has 1 fully saturated rings. The first-order valence-electron chi connectivity index (χ1n) is 10.6. The number of rotatable bonds is 8. The van der Waals surface area contributed by atoms with Crippen LogP contribution in [0, 0.1) is 23.7 Å². The molecular formula is C20H18F14O4. The van der Waals surface area contributed by atoms with Gasteiger partial charge in [-0.25, -0.2) is 0 Å². The van der Waals surface area contributed by atoms with Crippen LogP contribution < -0.4 is 0 Å². The molecule has 0 aromatic heterocycles. The number of fused-ring (bicyclic) bond motifs is 1. The highest BCUT2D eigenvalue weighted by Gasteiger charge is 2.74. The van der Waals surface area contributed by atoms with E-state index in [1.54, 1.807) is 12.2 Å². The second-order valence-electron chi connectivity index (χ2n) is 8.77. The minimum atomic E-state index is -6.74. The second-order valence-corrected chi connectivity index (χ2v) is 8.77. The first kappa shape index (κ1) is 31.9. The summed E-state index contributed by atoms with van der Waals surface area (Å²) in [6.45, 7) is -5.60. The molecule has 38 heavy (non-hydrogen) atoms. The molecule has 2 aliphatic rings. The highest BCUT2D eigenvalue weighted by Crippen LogP contribution is 2.54. The molecule has 0 amide bonds. The fourth-order valence-electron chi connectivity index (χ4n) is 4.27. The van der Waals surface area contributed by atoms with Gasteiger partial charge in [0.2, 0.25) is 0 Å². The zero-order valence-electron chi connectivity index (χ0n) is 18.6. The van der Waals surface area contributed by atoms with E-state index in [-0.39, 0.29) is 25.7 Å². The van der Waals surface area contributed by atoms with Crippen molar-refractivity contribution in [1.29, 1.82) is 0 Å². The SMILES string of the molecule is O=C(OCC(F)(F)C(F)(F)C(F)(F)F)[C@@H]1[C@H]2CC/C=C\CC[C@@H]2[C@@H]1C(=O)OCC(F)(F)C(F)(F)C(F)(F)F. The lowest BCUT2D eigenvalue weighted by Gasteiger charge is -2.50. The molecule has 0 bridgehead atoms. The van der Waals surface area contributed by atoms with Crippen LogP contribution in [0.2, 0.25) is 0 Å². The van der Waals surface area contributed by atoms with Crippen molar-refractivity contribution in [2.75, 3.05) is 13.2 Å². The summed E-state index contributed by atoms with van der Waals surface area (Å²) in [5, 5.41) is 0. The summed E-state index contributed by atoms with van der Waals surface area (Å²) in [5.74, 6) is -34.9. The van der Waals surface area contributed by atoms with E-state index in [4.69, 9.17) is 0 Å². The van der Waals surface area contributed by atoms with E-state index < -0.39 is 84.9 Å². The largest absolute Gasteiger partial charge is 0.460 e. The van der Waals surface area contributed by atoms with E-state index in [1.807, 2.05) is 0 Å². The highest BCUT2D eigenvalue weighted by atomic mass is 19.4. The van der Waals surface area contributed by atoms with Crippen LogP contribution in [0.3, 0.4) is 0 Å². The molecular weight excluding hydrogens is 570 g/mol. The number of hydrogen-bond donors (Lipinski definition) is 0. The van der Waals surface area contributed by atoms with Gasteiger partial charge in [0.05, 0.1) is 11.8 Å². The summed E-state index contributed by atoms with van der Waals surface area (Å²) in [6, 6.07) is 0. The van der Waals surface area contributed by atoms with Gasteiger partial charge in [-0.1, -0.05) is 12.2 Å². The van der Waals surface area contributed by atoms with Crippen LogP contribution in [0.15, 0.2) is 12.2 Å². The van der Waals surface area contributed by atoms with E-state index in [0.29, 0.717) is 0 Å². The Kier molecular flexibility index (Phi) is 8.69. The van der Waals surface area contributed by atoms with Gasteiger partial charge >= 0.3 is 48.0 Å². The first-order valence-corrected chi connectivity index (χ1v) is 10.6. The van der Waals surface area contributed by atoms with Gasteiger partial charge in [0.1, 0.15) is 0 Å². The second kappa shape index (κ2) is 10.4. The van der Waals surface area contributed by atoms with Crippen LogP contribution in [-0.4, -0.2) is 61.2 Å². The Morgan fingerprint density at radius 3 is 1.13 bits per heavy atom. The molecule has 0 heterocycles. The van der Waals surface area contributed by atoms with Crippen LogP contribution in [0.4, 0.5) is 61.5 Å². The Morgan fingerprint density at radius 2 is 0.868 bits per heavy atom. The molecule has 0 spiro atoms. The molecule has 1 saturated carbocycles. The molecule has 0 radical (unpaired) electrons. The zero-order valence-corrected chi connectivity index (χ0v) is 18.6. The van der Waals surface area contributed by atoms with Crippen LogP contribution in [0.1, 0.15) is 25.7 Å². The molecule has 0 aromatic carbocycles. The van der Waals surface area contributed by atoms with Crippen molar-refractivity contribution in [3.8, 4) is 0 Å². The highest BCUT2D eigenvalue weighted by molar-refractivity contribution is 5.85. The fourth-order valence-corrected chi connectivity index (χ4v) is 4.27. The Morgan fingerprint density at radius 1 is 0.579 bits per heavy atom. The van der Waals surface area contributed by atoms with Crippen molar-refractivity contribution in [3.63, 3.8) is 0 Å². The Bertz CT molecular complexity index is 836. The van der Waals surface area contributed by atoms with Crippen molar-refractivity contribution in [1.82, 2.24) is 0 Å². The molecule has 4 nitrogen and oxygen atoms in total. The lowest BCUT2D eigenvalue weighted by atomic mass is 9.53. The molecule has 220 valence electrons. The van der Waals surface area contributed by atoms with Gasteiger partial charge in [-0.3, -0.25) is 9.59 Å². The van der Waals surface area contributed by atoms with Crippen molar-refractivity contribution in [2.45, 2.75) is 61.7 Å². The van der Waals surface area contributed by atoms with Gasteiger partial charge in [0.15, 0.2) is 13.2 Å². The minimum absolute atomic E-state index is 0.0118. The molecule has 2 aliphatic carbocycles. The molecule has 0 aliphatic heterocycles. The van der Waals surface area contributed by atoms with Gasteiger partial charge in [-0.15, -0.1) is 0 Å². The standard InChI is InChI=1S/C20H18F14O4/c21-15(22,17(25,26)19(29,30)31)7-37-13(35)11-9-5-3-1-2-4-6-10(9)12(11)14(36)38-8-16(23,24)18(27,28)20(32,33)34/h1-2,9-12H,3-8H2/b2-1-/t9-,10-,11-,12+/m0/s1. The number of ether oxygens (including phenoxy) is 2. The third-order valence-electron chi connectivity index (χ3n) is 6.33. The summed E-state index contributed by atoms with van der Waals surface area (Å²) in [4.78, 5) is 24.8. The van der Waals surface area contributed by atoms with Gasteiger partial charge in [0, 0.05) is 0 Å². The van der Waals surface area contributed by atoms with Crippen LogP contribution in [0.5, 0.6) is 0 Å². The average Bonchev–Trinajstić information content (AvgIpc) is 2.73. The van der Waals surface area contributed by atoms with E-state index in [1.165, 1.54) is 0 Å². The summed E-state index contributed by atoms with van der Waals surface area (Å²) < 4.78 is 188. The molecule has 0 N–H and O–H groups in total. The number of alkyl halides is 14. The lowest BCUT2D eigenvalue weighted by molar-refractivity contribution is -0.360. The van der Waals surface area contributed by atoms with Gasteiger partial charge in [-0.05, 0) is 37.5 Å². The Labute approximate surface area is 204 Å². The zero-order chi connectivity index (χ0) is 29.5. The van der Waals surface area contributed by atoms with Crippen molar-refractivity contribution < 1.29 is 80.5 Å². The van der Waals surface area contributed by atoms with Crippen molar-refractivity contribution in [3.05, 3.63) is 12.2 Å². The van der Waals surface area contributed by atoms with Crippen LogP contribution in [0.25, 0.3) is 0 Å². The smallest absolute Gasteiger partial charge is 0.459 e. The molecule has 18 heteroatoms. The summed E-state index contributed by atoms with van der Waals surface area (Å²) >= 11 is 0. The molecule has 0 saturated heterocycles. The normalized spacial score (nSPS) is 26.4. The molecule has 2 rings (SSSR count).